The molecule has 0 aromatic heterocycles. The van der Waals surface area contributed by atoms with E-state index in [0.29, 0.717) is 36.5 Å². The molecule has 1 saturated heterocycles. The second-order valence-corrected chi connectivity index (χ2v) is 9.09. The van der Waals surface area contributed by atoms with Crippen LogP contribution >= 0.6 is 0 Å². The largest absolute Gasteiger partial charge is 0.462 e. The Morgan fingerprint density at radius 2 is 1.53 bits per heavy atom. The number of hydrogen-bond donors (Lipinski definition) is 1. The van der Waals surface area contributed by atoms with Crippen molar-refractivity contribution in [2.24, 2.45) is 0 Å². The SMILES string of the molecule is CCCOC(=O)c1ccc(NC(=O)c2ccc(S(=O)(=O)N3CCCCC3)cc2)cc1. The molecular formula is C22H26N2O5S. The van der Waals surface area contributed by atoms with Gasteiger partial charge < -0.3 is 10.1 Å². The standard InChI is InChI=1S/C22H26N2O5S/c1-2-16-29-22(26)18-6-10-19(11-7-18)23-21(25)17-8-12-20(13-9-17)30(27,28)24-14-4-3-5-15-24/h6-13H,2-5,14-16H2,1H3,(H,23,25). The second-order valence-electron chi connectivity index (χ2n) is 7.16. The van der Waals surface area contributed by atoms with Crippen molar-refractivity contribution in [2.45, 2.75) is 37.5 Å². The van der Waals surface area contributed by atoms with Crippen molar-refractivity contribution >= 4 is 27.6 Å². The van der Waals surface area contributed by atoms with E-state index in [4.69, 9.17) is 4.74 Å². The van der Waals surface area contributed by atoms with Crippen LogP contribution in [0.4, 0.5) is 5.69 Å². The van der Waals surface area contributed by atoms with Crippen molar-refractivity contribution in [1.82, 2.24) is 4.31 Å². The van der Waals surface area contributed by atoms with Crippen molar-refractivity contribution in [1.29, 1.82) is 0 Å². The van der Waals surface area contributed by atoms with Crippen LogP contribution in [0.1, 0.15) is 53.3 Å². The zero-order chi connectivity index (χ0) is 21.6. The number of ether oxygens (including phenoxy) is 1. The fraction of sp³-hybridized carbons (Fsp3) is 0.364. The smallest absolute Gasteiger partial charge is 0.338 e. The average molecular weight is 431 g/mol. The van der Waals surface area contributed by atoms with E-state index in [2.05, 4.69) is 5.32 Å². The lowest BCUT2D eigenvalue weighted by Gasteiger charge is -2.25. The first-order valence-corrected chi connectivity index (χ1v) is 11.5. The maximum absolute atomic E-state index is 12.7. The maximum Gasteiger partial charge on any atom is 0.338 e. The Bertz CT molecular complexity index is 979. The number of piperidine rings is 1. The zero-order valence-electron chi connectivity index (χ0n) is 17.0. The van der Waals surface area contributed by atoms with E-state index in [0.717, 1.165) is 25.7 Å². The lowest BCUT2D eigenvalue weighted by atomic mass is 10.2. The van der Waals surface area contributed by atoms with E-state index in [1.54, 1.807) is 24.3 Å². The fourth-order valence-corrected chi connectivity index (χ4v) is 4.72. The second kappa shape index (κ2) is 9.86. The number of carbonyl (C=O) groups excluding carboxylic acids is 2. The molecule has 1 amide bonds. The summed E-state index contributed by atoms with van der Waals surface area (Å²) in [7, 11) is -3.53. The van der Waals surface area contributed by atoms with Crippen LogP contribution in [-0.4, -0.2) is 44.3 Å². The van der Waals surface area contributed by atoms with Crippen molar-refractivity contribution in [2.75, 3.05) is 25.0 Å². The molecule has 8 heteroatoms. The van der Waals surface area contributed by atoms with Gasteiger partial charge in [0, 0.05) is 24.3 Å². The molecular weight excluding hydrogens is 404 g/mol. The molecule has 1 N–H and O–H groups in total. The van der Waals surface area contributed by atoms with Crippen molar-refractivity contribution in [3.8, 4) is 0 Å². The molecule has 0 unspecified atom stereocenters. The van der Waals surface area contributed by atoms with Gasteiger partial charge in [-0.1, -0.05) is 13.3 Å². The summed E-state index contributed by atoms with van der Waals surface area (Å²) in [5.41, 5.74) is 1.28. The van der Waals surface area contributed by atoms with Crippen LogP contribution in [0.25, 0.3) is 0 Å². The van der Waals surface area contributed by atoms with Gasteiger partial charge >= 0.3 is 5.97 Å². The van der Waals surface area contributed by atoms with Gasteiger partial charge in [0.05, 0.1) is 17.1 Å². The van der Waals surface area contributed by atoms with Gasteiger partial charge in [0.25, 0.3) is 5.91 Å². The molecule has 30 heavy (non-hydrogen) atoms. The van der Waals surface area contributed by atoms with Crippen molar-refractivity contribution < 1.29 is 22.7 Å². The average Bonchev–Trinajstić information content (AvgIpc) is 2.78. The Balaban J connectivity index is 1.64. The molecule has 0 bridgehead atoms. The molecule has 2 aromatic rings. The molecule has 1 fully saturated rings. The van der Waals surface area contributed by atoms with Gasteiger partial charge in [-0.05, 0) is 67.8 Å². The highest BCUT2D eigenvalue weighted by molar-refractivity contribution is 7.89. The monoisotopic (exact) mass is 430 g/mol. The van der Waals surface area contributed by atoms with E-state index in [1.807, 2.05) is 6.92 Å². The lowest BCUT2D eigenvalue weighted by molar-refractivity contribution is 0.0505. The molecule has 0 saturated carbocycles. The summed E-state index contributed by atoms with van der Waals surface area (Å²) in [5, 5.41) is 2.74. The highest BCUT2D eigenvalue weighted by Gasteiger charge is 2.25. The Morgan fingerprint density at radius 3 is 2.13 bits per heavy atom. The van der Waals surface area contributed by atoms with E-state index in [9.17, 15) is 18.0 Å². The number of esters is 1. The highest BCUT2D eigenvalue weighted by atomic mass is 32.2. The lowest BCUT2D eigenvalue weighted by Crippen LogP contribution is -2.35. The van der Waals surface area contributed by atoms with Crippen LogP contribution < -0.4 is 5.32 Å². The predicted octanol–water partition coefficient (Wildman–Crippen LogP) is 3.68. The topological polar surface area (TPSA) is 92.8 Å². The number of nitrogens with one attached hydrogen (secondary N) is 1. The number of amides is 1. The van der Waals surface area contributed by atoms with Gasteiger partial charge in [0.1, 0.15) is 0 Å². The van der Waals surface area contributed by atoms with Gasteiger partial charge in [-0.3, -0.25) is 4.79 Å². The maximum atomic E-state index is 12.7. The van der Waals surface area contributed by atoms with Gasteiger partial charge in [0.2, 0.25) is 10.0 Å². The third kappa shape index (κ3) is 5.25. The normalized spacial score (nSPS) is 14.8. The molecule has 160 valence electrons. The molecule has 0 aliphatic carbocycles. The molecule has 2 aromatic carbocycles. The minimum absolute atomic E-state index is 0.191. The number of benzene rings is 2. The number of rotatable bonds is 7. The van der Waals surface area contributed by atoms with Crippen LogP contribution in [0.15, 0.2) is 53.4 Å². The molecule has 3 rings (SSSR count). The zero-order valence-corrected chi connectivity index (χ0v) is 17.8. The van der Waals surface area contributed by atoms with Crippen LogP contribution in [0.3, 0.4) is 0 Å². The number of anilines is 1. The van der Waals surface area contributed by atoms with Crippen molar-refractivity contribution in [3.63, 3.8) is 0 Å². The van der Waals surface area contributed by atoms with E-state index >= 15 is 0 Å². The molecule has 1 aliphatic rings. The highest BCUT2D eigenvalue weighted by Crippen LogP contribution is 2.21. The first-order valence-electron chi connectivity index (χ1n) is 10.1. The van der Waals surface area contributed by atoms with Gasteiger partial charge in [-0.2, -0.15) is 4.31 Å². The summed E-state index contributed by atoms with van der Waals surface area (Å²) in [6, 6.07) is 12.3. The molecule has 0 radical (unpaired) electrons. The van der Waals surface area contributed by atoms with E-state index in [1.165, 1.54) is 28.6 Å². The van der Waals surface area contributed by atoms with Crippen LogP contribution in [0.2, 0.25) is 0 Å². The van der Waals surface area contributed by atoms with Crippen LogP contribution in [0.5, 0.6) is 0 Å². The Morgan fingerprint density at radius 1 is 0.933 bits per heavy atom. The minimum Gasteiger partial charge on any atom is -0.462 e. The van der Waals surface area contributed by atoms with E-state index < -0.39 is 16.0 Å². The van der Waals surface area contributed by atoms with E-state index in [-0.39, 0.29) is 10.8 Å². The van der Waals surface area contributed by atoms with Gasteiger partial charge in [-0.15, -0.1) is 0 Å². The minimum atomic E-state index is -3.53. The van der Waals surface area contributed by atoms with Crippen molar-refractivity contribution in [3.05, 3.63) is 59.7 Å². The Labute approximate surface area is 177 Å². The summed E-state index contributed by atoms with van der Waals surface area (Å²) < 4.78 is 32.0. The molecule has 1 heterocycles. The Hall–Kier alpha value is -2.71. The third-order valence-corrected chi connectivity index (χ3v) is 6.80. The predicted molar refractivity (Wildman–Crippen MR) is 114 cm³/mol. The van der Waals surface area contributed by atoms with Crippen LogP contribution in [-0.2, 0) is 14.8 Å². The summed E-state index contributed by atoms with van der Waals surface area (Å²) >= 11 is 0. The molecule has 0 atom stereocenters. The molecule has 7 nitrogen and oxygen atoms in total. The summed E-state index contributed by atoms with van der Waals surface area (Å²) in [5.74, 6) is -0.765. The van der Waals surface area contributed by atoms with Gasteiger partial charge in [0.15, 0.2) is 0 Å². The Kier molecular flexibility index (Phi) is 7.23. The third-order valence-electron chi connectivity index (χ3n) is 4.89. The molecule has 0 spiro atoms. The first-order chi connectivity index (χ1) is 14.4. The quantitative estimate of drug-likeness (QED) is 0.677. The number of hydrogen-bond acceptors (Lipinski definition) is 5. The summed E-state index contributed by atoms with van der Waals surface area (Å²) in [6.45, 7) is 3.35. The number of carbonyl (C=O) groups is 2. The molecule has 1 aliphatic heterocycles. The first kappa shape index (κ1) is 22.0. The van der Waals surface area contributed by atoms with Crippen LogP contribution in [0, 0.1) is 0 Å². The van der Waals surface area contributed by atoms with Gasteiger partial charge in [-0.25, -0.2) is 13.2 Å². The summed E-state index contributed by atoms with van der Waals surface area (Å²) in [6.07, 6.45) is 3.54. The summed E-state index contributed by atoms with van der Waals surface area (Å²) in [4.78, 5) is 24.5. The fourth-order valence-electron chi connectivity index (χ4n) is 3.20. The number of sulfonamides is 1. The number of nitrogens with zero attached hydrogens (tertiary/aromatic N) is 1.